The van der Waals surface area contributed by atoms with Crippen molar-refractivity contribution in [3.05, 3.63) is 34.9 Å². The first-order valence-corrected chi connectivity index (χ1v) is 4.36. The van der Waals surface area contributed by atoms with Crippen LogP contribution in [-0.4, -0.2) is 11.0 Å². The Morgan fingerprint density at radius 3 is 2.75 bits per heavy atom. The van der Waals surface area contributed by atoms with Crippen LogP contribution in [0.3, 0.4) is 0 Å². The molecule has 0 unspecified atom stereocenters. The topological polar surface area (TPSA) is 20.2 Å². The molecule has 0 atom stereocenters. The van der Waals surface area contributed by atoms with Crippen LogP contribution in [0, 0.1) is 0 Å². The monoisotopic (exact) mass is 202 g/mol. The summed E-state index contributed by atoms with van der Waals surface area (Å²) in [6, 6.07) is 5.04. The molecule has 0 heterocycles. The van der Waals surface area contributed by atoms with Gasteiger partial charge >= 0.3 is 0 Å². The molecule has 1 nitrogen and oxygen atoms in total. The highest BCUT2D eigenvalue weighted by atomic mass is 35.5. The number of hydrogen-bond donors (Lipinski definition) is 1. The van der Waals surface area contributed by atoms with E-state index < -0.39 is 0 Å². The van der Waals surface area contributed by atoms with E-state index in [0.29, 0.717) is 10.9 Å². The van der Waals surface area contributed by atoms with Crippen LogP contribution in [0.15, 0.2) is 24.3 Å². The van der Waals surface area contributed by atoms with Gasteiger partial charge in [0.2, 0.25) is 0 Å². The number of alkyl halides is 1. The number of halogens is 2. The van der Waals surface area contributed by atoms with Crippen LogP contribution in [0.2, 0.25) is 5.02 Å². The first-order chi connectivity index (χ1) is 5.74. The fraction of sp³-hybridized carbons (Fsp3) is 0.111. The molecule has 0 saturated heterocycles. The van der Waals surface area contributed by atoms with Crippen LogP contribution >= 0.6 is 23.2 Å². The third-order valence-electron chi connectivity index (χ3n) is 1.37. The zero-order valence-electron chi connectivity index (χ0n) is 6.30. The Balaban J connectivity index is 2.89. The Bertz CT molecular complexity index is 295. The Morgan fingerprint density at radius 1 is 1.42 bits per heavy atom. The average molecular weight is 203 g/mol. The van der Waals surface area contributed by atoms with Crippen molar-refractivity contribution in [3.63, 3.8) is 0 Å². The lowest BCUT2D eigenvalue weighted by atomic mass is 10.2. The van der Waals surface area contributed by atoms with Crippen LogP contribution in [0.1, 0.15) is 5.56 Å². The molecule has 12 heavy (non-hydrogen) atoms. The highest BCUT2D eigenvalue weighted by molar-refractivity contribution is 6.32. The predicted molar refractivity (Wildman–Crippen MR) is 52.9 cm³/mol. The molecular formula is C9H8Cl2O. The van der Waals surface area contributed by atoms with E-state index in [2.05, 4.69) is 0 Å². The second-order valence-corrected chi connectivity index (χ2v) is 2.98. The van der Waals surface area contributed by atoms with Gasteiger partial charge in [0.15, 0.2) is 0 Å². The number of aromatic hydroxyl groups is 1. The second kappa shape index (κ2) is 4.39. The lowest BCUT2D eigenvalue weighted by Gasteiger charge is -1.97. The van der Waals surface area contributed by atoms with E-state index in [4.69, 9.17) is 23.2 Å². The molecule has 1 aromatic rings. The van der Waals surface area contributed by atoms with Gasteiger partial charge in [-0.05, 0) is 17.7 Å². The molecule has 1 rings (SSSR count). The maximum atomic E-state index is 9.20. The molecule has 0 aliphatic rings. The number of allylic oxidation sites excluding steroid dienone is 1. The minimum absolute atomic E-state index is 0.0911. The minimum Gasteiger partial charge on any atom is -0.506 e. The van der Waals surface area contributed by atoms with Gasteiger partial charge in [0.05, 0.1) is 5.02 Å². The zero-order chi connectivity index (χ0) is 8.97. The van der Waals surface area contributed by atoms with Crippen LogP contribution in [0.4, 0.5) is 0 Å². The molecule has 0 aliphatic heterocycles. The molecule has 0 fully saturated rings. The van der Waals surface area contributed by atoms with Gasteiger partial charge in [-0.15, -0.1) is 11.6 Å². The summed E-state index contributed by atoms with van der Waals surface area (Å²) in [5.41, 5.74) is 0.887. The average Bonchev–Trinajstić information content (AvgIpc) is 2.07. The highest BCUT2D eigenvalue weighted by Gasteiger charge is 1.96. The van der Waals surface area contributed by atoms with Crippen LogP contribution < -0.4 is 0 Å². The summed E-state index contributed by atoms with van der Waals surface area (Å²) in [5.74, 6) is 0.553. The van der Waals surface area contributed by atoms with Crippen LogP contribution in [-0.2, 0) is 0 Å². The number of phenols is 1. The Morgan fingerprint density at radius 2 is 2.17 bits per heavy atom. The molecule has 0 bridgehead atoms. The van der Waals surface area contributed by atoms with Crippen molar-refractivity contribution in [1.82, 2.24) is 0 Å². The minimum atomic E-state index is 0.0911. The van der Waals surface area contributed by atoms with E-state index in [1.165, 1.54) is 0 Å². The summed E-state index contributed by atoms with van der Waals surface area (Å²) in [7, 11) is 0. The van der Waals surface area contributed by atoms with Crippen molar-refractivity contribution in [2.24, 2.45) is 0 Å². The maximum absolute atomic E-state index is 9.20. The Hall–Kier alpha value is -0.660. The van der Waals surface area contributed by atoms with Gasteiger partial charge in [0.1, 0.15) is 5.75 Å². The number of rotatable bonds is 2. The molecule has 0 saturated carbocycles. The molecule has 0 aromatic heterocycles. The van der Waals surface area contributed by atoms with E-state index in [-0.39, 0.29) is 5.75 Å². The van der Waals surface area contributed by atoms with Gasteiger partial charge in [0.25, 0.3) is 0 Å². The van der Waals surface area contributed by atoms with Crippen molar-refractivity contribution in [1.29, 1.82) is 0 Å². The predicted octanol–water partition coefficient (Wildman–Crippen LogP) is 3.30. The van der Waals surface area contributed by atoms with Gasteiger partial charge in [-0.2, -0.15) is 0 Å². The summed E-state index contributed by atoms with van der Waals surface area (Å²) >= 11 is 11.1. The van der Waals surface area contributed by atoms with E-state index in [0.717, 1.165) is 5.56 Å². The fourth-order valence-corrected chi connectivity index (χ4v) is 1.02. The largest absolute Gasteiger partial charge is 0.506 e. The molecule has 1 N–H and O–H groups in total. The molecule has 0 aliphatic carbocycles. The quantitative estimate of drug-likeness (QED) is 0.731. The van der Waals surface area contributed by atoms with Gasteiger partial charge < -0.3 is 5.11 Å². The summed E-state index contributed by atoms with van der Waals surface area (Å²) in [4.78, 5) is 0. The summed E-state index contributed by atoms with van der Waals surface area (Å²) in [6.07, 6.45) is 3.62. The van der Waals surface area contributed by atoms with Gasteiger partial charge in [0, 0.05) is 5.88 Å². The van der Waals surface area contributed by atoms with E-state index in [9.17, 15) is 5.11 Å². The first-order valence-electron chi connectivity index (χ1n) is 3.45. The highest BCUT2D eigenvalue weighted by Crippen LogP contribution is 2.24. The Labute approximate surface area is 81.2 Å². The molecular weight excluding hydrogens is 195 g/mol. The van der Waals surface area contributed by atoms with E-state index >= 15 is 0 Å². The maximum Gasteiger partial charge on any atom is 0.134 e. The Kier molecular flexibility index (Phi) is 3.45. The lowest BCUT2D eigenvalue weighted by Crippen LogP contribution is -1.73. The normalized spacial score (nSPS) is 10.8. The molecule has 0 radical (unpaired) electrons. The van der Waals surface area contributed by atoms with E-state index in [1.54, 1.807) is 18.2 Å². The summed E-state index contributed by atoms with van der Waals surface area (Å²) < 4.78 is 0. The standard InChI is InChI=1S/C9H8Cl2O/c10-5-1-2-7-3-4-8(11)9(12)6-7/h1-4,6,12H,5H2. The van der Waals surface area contributed by atoms with Crippen molar-refractivity contribution in [2.45, 2.75) is 0 Å². The second-order valence-electron chi connectivity index (χ2n) is 2.27. The molecule has 0 amide bonds. The van der Waals surface area contributed by atoms with Gasteiger partial charge in [-0.1, -0.05) is 29.8 Å². The summed E-state index contributed by atoms with van der Waals surface area (Å²) in [6.45, 7) is 0. The fourth-order valence-electron chi connectivity index (χ4n) is 0.814. The van der Waals surface area contributed by atoms with Crippen molar-refractivity contribution in [2.75, 3.05) is 5.88 Å². The first kappa shape index (κ1) is 9.43. The van der Waals surface area contributed by atoms with Crippen LogP contribution in [0.25, 0.3) is 6.08 Å². The van der Waals surface area contributed by atoms with Crippen molar-refractivity contribution in [3.8, 4) is 5.75 Å². The summed E-state index contributed by atoms with van der Waals surface area (Å²) in [5, 5.41) is 9.56. The SMILES string of the molecule is Oc1cc(C=CCCl)ccc1Cl. The van der Waals surface area contributed by atoms with Crippen LogP contribution in [0.5, 0.6) is 5.75 Å². The molecule has 1 aromatic carbocycles. The third-order valence-corrected chi connectivity index (χ3v) is 1.87. The van der Waals surface area contributed by atoms with Gasteiger partial charge in [-0.25, -0.2) is 0 Å². The molecule has 0 spiro atoms. The zero-order valence-corrected chi connectivity index (χ0v) is 7.81. The number of benzene rings is 1. The van der Waals surface area contributed by atoms with Crippen molar-refractivity contribution < 1.29 is 5.11 Å². The van der Waals surface area contributed by atoms with Gasteiger partial charge in [-0.3, -0.25) is 0 Å². The number of hydrogen-bond acceptors (Lipinski definition) is 1. The molecule has 64 valence electrons. The number of phenolic OH excluding ortho intramolecular Hbond substituents is 1. The lowest BCUT2D eigenvalue weighted by molar-refractivity contribution is 0.475. The third kappa shape index (κ3) is 2.43. The molecule has 3 heteroatoms. The smallest absolute Gasteiger partial charge is 0.134 e. The van der Waals surface area contributed by atoms with E-state index in [1.807, 2.05) is 12.1 Å². The van der Waals surface area contributed by atoms with Crippen molar-refractivity contribution >= 4 is 29.3 Å².